The van der Waals surface area contributed by atoms with Gasteiger partial charge in [0, 0.05) is 59.3 Å². The molecule has 36 heavy (non-hydrogen) atoms. The SMILES string of the molecule is O=C(CCl)Nc1cccc(C(=O)N2CC[C@@H](c3cc4c(-c5cnn6ncccc56)ccnc4[nH]3)C2)c1. The second-order valence-corrected chi connectivity index (χ2v) is 9.07. The van der Waals surface area contributed by atoms with Crippen LogP contribution in [0.5, 0.6) is 0 Å². The summed E-state index contributed by atoms with van der Waals surface area (Å²) in [4.78, 5) is 34.7. The van der Waals surface area contributed by atoms with Crippen LogP contribution in [0.4, 0.5) is 5.69 Å². The fourth-order valence-corrected chi connectivity index (χ4v) is 4.91. The highest BCUT2D eigenvalue weighted by Gasteiger charge is 2.29. The summed E-state index contributed by atoms with van der Waals surface area (Å²) in [5, 5.41) is 12.3. The third-order valence-electron chi connectivity index (χ3n) is 6.58. The molecule has 0 bridgehead atoms. The summed E-state index contributed by atoms with van der Waals surface area (Å²) in [6.45, 7) is 1.25. The lowest BCUT2D eigenvalue weighted by atomic mass is 10.0. The van der Waals surface area contributed by atoms with E-state index in [0.29, 0.717) is 24.3 Å². The third kappa shape index (κ3) is 3.97. The molecule has 0 unspecified atom stereocenters. The number of H-pyrrole nitrogens is 1. The fraction of sp³-hybridized carbons (Fsp3) is 0.192. The van der Waals surface area contributed by atoms with E-state index in [1.165, 1.54) is 0 Å². The molecule has 2 N–H and O–H groups in total. The van der Waals surface area contributed by atoms with Crippen molar-refractivity contribution in [2.45, 2.75) is 12.3 Å². The van der Waals surface area contributed by atoms with E-state index in [0.717, 1.165) is 39.8 Å². The average Bonchev–Trinajstić information content (AvgIpc) is 3.66. The topological polar surface area (TPSA) is 108 Å². The summed E-state index contributed by atoms with van der Waals surface area (Å²) in [6.07, 6.45) is 6.17. The van der Waals surface area contributed by atoms with Gasteiger partial charge in [-0.2, -0.15) is 14.8 Å². The molecule has 2 amide bonds. The Balaban J connectivity index is 1.25. The third-order valence-corrected chi connectivity index (χ3v) is 6.82. The van der Waals surface area contributed by atoms with E-state index >= 15 is 0 Å². The van der Waals surface area contributed by atoms with Gasteiger partial charge in [-0.05, 0) is 54.4 Å². The van der Waals surface area contributed by atoms with Crippen LogP contribution in [0.2, 0.25) is 0 Å². The minimum Gasteiger partial charge on any atom is -0.343 e. The van der Waals surface area contributed by atoms with Crippen molar-refractivity contribution in [3.8, 4) is 11.1 Å². The molecule has 5 heterocycles. The van der Waals surface area contributed by atoms with E-state index in [2.05, 4.69) is 31.5 Å². The Labute approximate surface area is 211 Å². The molecule has 10 heteroatoms. The van der Waals surface area contributed by atoms with Crippen LogP contribution in [0, 0.1) is 0 Å². The minimum atomic E-state index is -0.310. The van der Waals surface area contributed by atoms with Crippen molar-refractivity contribution in [3.63, 3.8) is 0 Å². The number of carbonyl (C=O) groups excluding carboxylic acids is 2. The number of nitrogens with zero attached hydrogens (tertiary/aromatic N) is 5. The Morgan fingerprint density at radius 3 is 2.89 bits per heavy atom. The maximum atomic E-state index is 13.2. The Morgan fingerprint density at radius 2 is 2.00 bits per heavy atom. The summed E-state index contributed by atoms with van der Waals surface area (Å²) >= 11 is 5.57. The van der Waals surface area contributed by atoms with Crippen LogP contribution in [-0.4, -0.2) is 60.5 Å². The zero-order valence-electron chi connectivity index (χ0n) is 19.2. The van der Waals surface area contributed by atoms with Crippen LogP contribution < -0.4 is 5.32 Å². The second kappa shape index (κ2) is 9.09. The number of pyridine rings is 1. The van der Waals surface area contributed by atoms with E-state index < -0.39 is 0 Å². The van der Waals surface area contributed by atoms with Gasteiger partial charge in [0.05, 0.1) is 11.7 Å². The number of carbonyl (C=O) groups is 2. The number of halogens is 1. The van der Waals surface area contributed by atoms with Gasteiger partial charge in [0.1, 0.15) is 11.5 Å². The number of likely N-dealkylation sites (tertiary alicyclic amines) is 1. The highest BCUT2D eigenvalue weighted by atomic mass is 35.5. The summed E-state index contributed by atoms with van der Waals surface area (Å²) in [6, 6.07) is 15.0. The molecule has 1 aliphatic heterocycles. The van der Waals surface area contributed by atoms with Gasteiger partial charge in [-0.1, -0.05) is 6.07 Å². The molecule has 4 aromatic heterocycles. The number of fused-ring (bicyclic) bond motifs is 2. The maximum Gasteiger partial charge on any atom is 0.253 e. The predicted octanol–water partition coefficient (Wildman–Crippen LogP) is 4.08. The molecule has 0 aliphatic carbocycles. The standard InChI is InChI=1S/C26H22ClN7O2/c27-13-24(35)31-18-4-1-3-16(11-18)26(36)33-10-7-17(15-33)22-12-20-19(6-9-28-25(20)32-22)21-14-30-34-23(21)5-2-8-29-34/h1-6,8-9,11-12,14,17H,7,10,13,15H2,(H,28,32)(H,31,35)/t17-/m1/s1. The number of alkyl halides is 1. The zero-order valence-corrected chi connectivity index (χ0v) is 19.9. The zero-order chi connectivity index (χ0) is 24.6. The van der Waals surface area contributed by atoms with E-state index in [4.69, 9.17) is 11.6 Å². The van der Waals surface area contributed by atoms with Gasteiger partial charge < -0.3 is 15.2 Å². The van der Waals surface area contributed by atoms with E-state index in [-0.39, 0.29) is 23.6 Å². The number of rotatable bonds is 5. The number of hydrogen-bond donors (Lipinski definition) is 2. The molecule has 1 aromatic carbocycles. The molecular formula is C26H22ClN7O2. The number of benzene rings is 1. The molecular weight excluding hydrogens is 478 g/mol. The second-order valence-electron chi connectivity index (χ2n) is 8.80. The first-order valence-corrected chi connectivity index (χ1v) is 12.2. The average molecular weight is 500 g/mol. The molecule has 0 radical (unpaired) electrons. The van der Waals surface area contributed by atoms with Gasteiger partial charge >= 0.3 is 0 Å². The summed E-state index contributed by atoms with van der Waals surface area (Å²) < 4.78 is 1.62. The van der Waals surface area contributed by atoms with Crippen molar-refractivity contribution in [2.75, 3.05) is 24.3 Å². The molecule has 6 rings (SSSR count). The molecule has 1 saturated heterocycles. The van der Waals surface area contributed by atoms with E-state index in [1.807, 2.05) is 29.3 Å². The summed E-state index contributed by atoms with van der Waals surface area (Å²) in [5.74, 6) is -0.343. The lowest BCUT2D eigenvalue weighted by Crippen LogP contribution is -2.28. The number of anilines is 1. The molecule has 9 nitrogen and oxygen atoms in total. The quantitative estimate of drug-likeness (QED) is 0.354. The van der Waals surface area contributed by atoms with E-state index in [9.17, 15) is 9.59 Å². The van der Waals surface area contributed by atoms with E-state index in [1.54, 1.807) is 41.3 Å². The Hall–Kier alpha value is -4.24. The van der Waals surface area contributed by atoms with Crippen LogP contribution in [0.15, 0.2) is 67.1 Å². The smallest absolute Gasteiger partial charge is 0.253 e. The van der Waals surface area contributed by atoms with Crippen LogP contribution in [0.1, 0.15) is 28.4 Å². The lowest BCUT2D eigenvalue weighted by Gasteiger charge is -2.17. The van der Waals surface area contributed by atoms with Gasteiger partial charge in [0.25, 0.3) is 5.91 Å². The number of nitrogens with one attached hydrogen (secondary N) is 2. The largest absolute Gasteiger partial charge is 0.343 e. The normalized spacial score (nSPS) is 15.6. The number of aromatic amines is 1. The molecule has 1 atom stereocenters. The van der Waals surface area contributed by atoms with Crippen molar-refractivity contribution in [2.24, 2.45) is 0 Å². The van der Waals surface area contributed by atoms with Gasteiger partial charge in [-0.25, -0.2) is 4.98 Å². The first-order valence-electron chi connectivity index (χ1n) is 11.6. The Morgan fingerprint density at radius 1 is 1.08 bits per heavy atom. The van der Waals surface area contributed by atoms with Crippen LogP contribution in [0.3, 0.4) is 0 Å². The highest BCUT2D eigenvalue weighted by Crippen LogP contribution is 2.35. The van der Waals surface area contributed by atoms with Crippen molar-refractivity contribution in [1.82, 2.24) is 29.7 Å². The number of aromatic nitrogens is 5. The Kier molecular flexibility index (Phi) is 5.61. The van der Waals surface area contributed by atoms with Crippen LogP contribution in [0.25, 0.3) is 27.7 Å². The molecule has 1 fully saturated rings. The number of amides is 2. The number of hydrogen-bond acceptors (Lipinski definition) is 5. The highest BCUT2D eigenvalue weighted by molar-refractivity contribution is 6.29. The molecule has 180 valence electrons. The Bertz CT molecular complexity index is 1610. The van der Waals surface area contributed by atoms with Crippen molar-refractivity contribution in [1.29, 1.82) is 0 Å². The maximum absolute atomic E-state index is 13.2. The van der Waals surface area contributed by atoms with Gasteiger partial charge in [0.15, 0.2) is 0 Å². The summed E-state index contributed by atoms with van der Waals surface area (Å²) in [7, 11) is 0. The fourth-order valence-electron chi connectivity index (χ4n) is 4.85. The predicted molar refractivity (Wildman–Crippen MR) is 137 cm³/mol. The first-order chi connectivity index (χ1) is 17.6. The van der Waals surface area contributed by atoms with Crippen molar-refractivity contribution < 1.29 is 9.59 Å². The molecule has 0 saturated carbocycles. The first kappa shape index (κ1) is 22.2. The lowest BCUT2D eigenvalue weighted by molar-refractivity contribution is -0.113. The van der Waals surface area contributed by atoms with Crippen molar-refractivity contribution >= 4 is 45.7 Å². The van der Waals surface area contributed by atoms with Crippen molar-refractivity contribution in [3.05, 3.63) is 78.4 Å². The minimum absolute atomic E-state index is 0.0618. The van der Waals surface area contributed by atoms with Crippen LogP contribution >= 0.6 is 11.6 Å². The molecule has 5 aromatic rings. The van der Waals surface area contributed by atoms with Gasteiger partial charge in [0.2, 0.25) is 5.91 Å². The monoisotopic (exact) mass is 499 g/mol. The van der Waals surface area contributed by atoms with Gasteiger partial charge in [-0.3, -0.25) is 9.59 Å². The molecule has 0 spiro atoms. The van der Waals surface area contributed by atoms with Crippen LogP contribution in [-0.2, 0) is 4.79 Å². The summed E-state index contributed by atoms with van der Waals surface area (Å²) in [5.41, 5.74) is 5.90. The van der Waals surface area contributed by atoms with Gasteiger partial charge in [-0.15, -0.1) is 11.6 Å². The molecule has 1 aliphatic rings.